The predicted molar refractivity (Wildman–Crippen MR) is 78.3 cm³/mol. The number of nitrogens with zero attached hydrogens (tertiary/aromatic N) is 1. The first-order valence-electron chi connectivity index (χ1n) is 6.23. The van der Waals surface area contributed by atoms with Crippen molar-refractivity contribution >= 4 is 27.2 Å². The predicted octanol–water partition coefficient (Wildman–Crippen LogP) is 4.49. The maximum atomic E-state index is 12.7. The monoisotopic (exact) mass is 308 g/mol. The van der Waals surface area contributed by atoms with Crippen molar-refractivity contribution in [2.75, 3.05) is 5.73 Å². The van der Waals surface area contributed by atoms with Gasteiger partial charge >= 0.3 is 6.18 Å². The molecule has 2 N–H and O–H groups in total. The Kier molecular flexibility index (Phi) is 3.33. The Bertz CT molecular complexity index is 793. The number of nitrogen functional groups attached to an aromatic ring is 1. The van der Waals surface area contributed by atoms with E-state index in [9.17, 15) is 13.2 Å². The van der Waals surface area contributed by atoms with E-state index >= 15 is 0 Å². The average Bonchev–Trinajstić information content (AvgIpc) is 2.79. The molecule has 0 fully saturated rings. The molecule has 0 aliphatic heterocycles. The zero-order valence-electron chi connectivity index (χ0n) is 10.8. The molecule has 2 nitrogen and oxygen atoms in total. The maximum absolute atomic E-state index is 12.7. The number of nitrogens with two attached hydrogens (primary N) is 1. The Morgan fingerprint density at radius 3 is 2.67 bits per heavy atom. The van der Waals surface area contributed by atoms with Crippen LogP contribution in [0.1, 0.15) is 16.1 Å². The van der Waals surface area contributed by atoms with Crippen LogP contribution in [0.2, 0.25) is 0 Å². The normalized spacial score (nSPS) is 12.0. The molecule has 1 aromatic heterocycles. The SMILES string of the molecule is Nc1ccc2nc(Cc3cccc(C(F)(F)F)c3)sc2c1. The minimum atomic E-state index is -4.32. The summed E-state index contributed by atoms with van der Waals surface area (Å²) in [5.41, 5.74) is 7.13. The van der Waals surface area contributed by atoms with Crippen LogP contribution in [-0.4, -0.2) is 4.98 Å². The minimum Gasteiger partial charge on any atom is -0.399 e. The van der Waals surface area contributed by atoms with Crippen LogP contribution in [0.5, 0.6) is 0 Å². The highest BCUT2D eigenvalue weighted by Crippen LogP contribution is 2.31. The van der Waals surface area contributed by atoms with Crippen molar-refractivity contribution in [1.82, 2.24) is 4.98 Å². The number of rotatable bonds is 2. The fraction of sp³-hybridized carbons (Fsp3) is 0.133. The molecule has 3 rings (SSSR count). The van der Waals surface area contributed by atoms with E-state index in [1.54, 1.807) is 12.1 Å². The van der Waals surface area contributed by atoms with Gasteiger partial charge in [0.25, 0.3) is 0 Å². The Labute approximate surface area is 123 Å². The number of benzene rings is 2. The largest absolute Gasteiger partial charge is 0.416 e. The van der Waals surface area contributed by atoms with Crippen LogP contribution in [0.4, 0.5) is 18.9 Å². The first-order valence-corrected chi connectivity index (χ1v) is 7.04. The number of alkyl halides is 3. The summed E-state index contributed by atoms with van der Waals surface area (Å²) < 4.78 is 39.0. The van der Waals surface area contributed by atoms with Gasteiger partial charge < -0.3 is 5.73 Å². The van der Waals surface area contributed by atoms with Gasteiger partial charge in [0, 0.05) is 12.1 Å². The standard InChI is InChI=1S/C15H11F3N2S/c16-15(17,18)10-3-1-2-9(6-10)7-14-20-12-5-4-11(19)8-13(12)21-14/h1-6,8H,7,19H2. The third kappa shape index (κ3) is 3.00. The lowest BCUT2D eigenvalue weighted by Crippen LogP contribution is -2.05. The average molecular weight is 308 g/mol. The van der Waals surface area contributed by atoms with E-state index in [4.69, 9.17) is 5.73 Å². The number of halogens is 3. The van der Waals surface area contributed by atoms with Gasteiger partial charge in [-0.05, 0) is 29.8 Å². The number of hydrogen-bond acceptors (Lipinski definition) is 3. The van der Waals surface area contributed by atoms with Crippen LogP contribution in [0.3, 0.4) is 0 Å². The second kappa shape index (κ2) is 5.04. The van der Waals surface area contributed by atoms with Gasteiger partial charge in [-0.2, -0.15) is 13.2 Å². The molecule has 21 heavy (non-hydrogen) atoms. The quantitative estimate of drug-likeness (QED) is 0.709. The summed E-state index contributed by atoms with van der Waals surface area (Å²) in [6.45, 7) is 0. The van der Waals surface area contributed by atoms with Gasteiger partial charge in [-0.25, -0.2) is 4.98 Å². The van der Waals surface area contributed by atoms with E-state index in [1.807, 2.05) is 12.1 Å². The second-order valence-corrected chi connectivity index (χ2v) is 5.82. The van der Waals surface area contributed by atoms with E-state index in [-0.39, 0.29) is 0 Å². The summed E-state index contributed by atoms with van der Waals surface area (Å²) in [7, 11) is 0. The Balaban J connectivity index is 1.91. The summed E-state index contributed by atoms with van der Waals surface area (Å²) >= 11 is 1.45. The van der Waals surface area contributed by atoms with Crippen molar-refractivity contribution in [3.05, 3.63) is 58.6 Å². The van der Waals surface area contributed by atoms with Gasteiger partial charge in [0.15, 0.2) is 0 Å². The highest BCUT2D eigenvalue weighted by molar-refractivity contribution is 7.18. The number of thiazole rings is 1. The van der Waals surface area contributed by atoms with Gasteiger partial charge in [0.05, 0.1) is 20.8 Å². The van der Waals surface area contributed by atoms with Crippen LogP contribution in [0.15, 0.2) is 42.5 Å². The van der Waals surface area contributed by atoms with Crippen molar-refractivity contribution < 1.29 is 13.2 Å². The maximum Gasteiger partial charge on any atom is 0.416 e. The van der Waals surface area contributed by atoms with E-state index in [1.165, 1.54) is 23.5 Å². The molecule has 108 valence electrons. The Hall–Kier alpha value is -2.08. The number of hydrogen-bond donors (Lipinski definition) is 1. The summed E-state index contributed by atoms with van der Waals surface area (Å²) in [6.07, 6.45) is -3.94. The molecule has 2 aromatic carbocycles. The molecular weight excluding hydrogens is 297 g/mol. The zero-order valence-corrected chi connectivity index (χ0v) is 11.6. The third-order valence-electron chi connectivity index (χ3n) is 3.07. The van der Waals surface area contributed by atoms with Crippen molar-refractivity contribution in [1.29, 1.82) is 0 Å². The van der Waals surface area contributed by atoms with Crippen molar-refractivity contribution in [2.24, 2.45) is 0 Å². The molecule has 0 unspecified atom stereocenters. The number of fused-ring (bicyclic) bond motifs is 1. The fourth-order valence-electron chi connectivity index (χ4n) is 2.10. The molecule has 0 bridgehead atoms. The van der Waals surface area contributed by atoms with Crippen LogP contribution >= 0.6 is 11.3 Å². The molecule has 6 heteroatoms. The van der Waals surface area contributed by atoms with Crippen molar-refractivity contribution in [2.45, 2.75) is 12.6 Å². The smallest absolute Gasteiger partial charge is 0.399 e. The number of anilines is 1. The van der Waals surface area contributed by atoms with Gasteiger partial charge in [0.2, 0.25) is 0 Å². The lowest BCUT2D eigenvalue weighted by Gasteiger charge is -2.07. The Morgan fingerprint density at radius 1 is 1.10 bits per heavy atom. The van der Waals surface area contributed by atoms with Crippen LogP contribution in [0, 0.1) is 0 Å². The summed E-state index contributed by atoms with van der Waals surface area (Å²) in [6, 6.07) is 10.7. The Morgan fingerprint density at radius 2 is 1.90 bits per heavy atom. The van der Waals surface area contributed by atoms with Gasteiger partial charge in [-0.15, -0.1) is 11.3 Å². The van der Waals surface area contributed by atoms with E-state index < -0.39 is 11.7 Å². The molecule has 1 heterocycles. The molecule has 0 amide bonds. The molecule has 0 atom stereocenters. The van der Waals surface area contributed by atoms with Crippen LogP contribution < -0.4 is 5.73 Å². The first-order chi connectivity index (χ1) is 9.91. The summed E-state index contributed by atoms with van der Waals surface area (Å²) in [4.78, 5) is 4.42. The lowest BCUT2D eigenvalue weighted by molar-refractivity contribution is -0.137. The van der Waals surface area contributed by atoms with Crippen LogP contribution in [-0.2, 0) is 12.6 Å². The highest BCUT2D eigenvalue weighted by atomic mass is 32.1. The summed E-state index contributed by atoms with van der Waals surface area (Å²) in [5, 5.41) is 0.773. The zero-order chi connectivity index (χ0) is 15.0. The van der Waals surface area contributed by atoms with Gasteiger partial charge in [0.1, 0.15) is 0 Å². The van der Waals surface area contributed by atoms with E-state index in [2.05, 4.69) is 4.98 Å². The fourth-order valence-corrected chi connectivity index (χ4v) is 3.15. The van der Waals surface area contributed by atoms with Gasteiger partial charge in [-0.1, -0.05) is 18.2 Å². The molecule has 0 radical (unpaired) electrons. The lowest BCUT2D eigenvalue weighted by atomic mass is 10.1. The molecule has 3 aromatic rings. The highest BCUT2D eigenvalue weighted by Gasteiger charge is 2.30. The van der Waals surface area contributed by atoms with Crippen molar-refractivity contribution in [3.8, 4) is 0 Å². The topological polar surface area (TPSA) is 38.9 Å². The molecule has 0 saturated carbocycles. The van der Waals surface area contributed by atoms with E-state index in [0.29, 0.717) is 17.7 Å². The minimum absolute atomic E-state index is 0.378. The molecule has 0 aliphatic rings. The summed E-state index contributed by atoms with van der Waals surface area (Å²) in [5.74, 6) is 0. The van der Waals surface area contributed by atoms with E-state index in [0.717, 1.165) is 21.3 Å². The first kappa shape index (κ1) is 13.9. The second-order valence-electron chi connectivity index (χ2n) is 4.71. The van der Waals surface area contributed by atoms with Crippen LogP contribution in [0.25, 0.3) is 10.2 Å². The molecular formula is C15H11F3N2S. The molecule has 0 aliphatic carbocycles. The van der Waals surface area contributed by atoms with Gasteiger partial charge in [-0.3, -0.25) is 0 Å². The van der Waals surface area contributed by atoms with Crippen molar-refractivity contribution in [3.63, 3.8) is 0 Å². The number of aromatic nitrogens is 1. The molecule has 0 saturated heterocycles. The third-order valence-corrected chi connectivity index (χ3v) is 4.08. The molecule has 0 spiro atoms.